The monoisotopic (exact) mass is 306 g/mol. The SMILES string of the molecule is CCCC(=O)N(Cc1ccc(OC)cc1)[C@@H](CC)C(=O)NC. The molecular weight excluding hydrogens is 280 g/mol. The van der Waals surface area contributed by atoms with E-state index in [2.05, 4.69) is 5.32 Å². The summed E-state index contributed by atoms with van der Waals surface area (Å²) in [5.74, 6) is 0.655. The van der Waals surface area contributed by atoms with E-state index >= 15 is 0 Å². The second-order valence-electron chi connectivity index (χ2n) is 5.16. The molecule has 1 aromatic carbocycles. The van der Waals surface area contributed by atoms with Gasteiger partial charge in [-0.2, -0.15) is 0 Å². The van der Waals surface area contributed by atoms with E-state index in [1.54, 1.807) is 19.1 Å². The highest BCUT2D eigenvalue weighted by Crippen LogP contribution is 2.17. The van der Waals surface area contributed by atoms with Crippen LogP contribution >= 0.6 is 0 Å². The molecule has 1 rings (SSSR count). The van der Waals surface area contributed by atoms with E-state index in [1.807, 2.05) is 38.1 Å². The quantitative estimate of drug-likeness (QED) is 0.802. The molecule has 5 heteroatoms. The topological polar surface area (TPSA) is 58.6 Å². The van der Waals surface area contributed by atoms with Gasteiger partial charge in [-0.3, -0.25) is 9.59 Å². The maximum Gasteiger partial charge on any atom is 0.242 e. The molecule has 1 N–H and O–H groups in total. The highest BCUT2D eigenvalue weighted by molar-refractivity contribution is 5.87. The lowest BCUT2D eigenvalue weighted by Gasteiger charge is -2.30. The van der Waals surface area contributed by atoms with E-state index in [9.17, 15) is 9.59 Å². The Morgan fingerprint density at radius 1 is 1.23 bits per heavy atom. The van der Waals surface area contributed by atoms with Crippen LogP contribution in [0.2, 0.25) is 0 Å². The number of benzene rings is 1. The fourth-order valence-electron chi connectivity index (χ4n) is 2.37. The van der Waals surface area contributed by atoms with Gasteiger partial charge < -0.3 is 15.0 Å². The first-order valence-electron chi connectivity index (χ1n) is 7.71. The summed E-state index contributed by atoms with van der Waals surface area (Å²) >= 11 is 0. The van der Waals surface area contributed by atoms with Crippen molar-refractivity contribution in [2.45, 2.75) is 45.7 Å². The minimum absolute atomic E-state index is 0.00812. The van der Waals surface area contributed by atoms with Crippen molar-refractivity contribution < 1.29 is 14.3 Å². The Morgan fingerprint density at radius 3 is 2.32 bits per heavy atom. The molecule has 5 nitrogen and oxygen atoms in total. The first-order valence-corrected chi connectivity index (χ1v) is 7.71. The standard InChI is InChI=1S/C17H26N2O3/c1-5-7-16(20)19(15(6-2)17(21)18-3)12-13-8-10-14(22-4)11-9-13/h8-11,15H,5-7,12H2,1-4H3,(H,18,21)/t15-/m0/s1. The molecule has 0 fully saturated rings. The number of hydrogen-bond acceptors (Lipinski definition) is 3. The molecule has 0 bridgehead atoms. The van der Waals surface area contributed by atoms with E-state index in [0.717, 1.165) is 17.7 Å². The second kappa shape index (κ2) is 9.07. The lowest BCUT2D eigenvalue weighted by atomic mass is 10.1. The van der Waals surface area contributed by atoms with Crippen molar-refractivity contribution in [2.24, 2.45) is 0 Å². The van der Waals surface area contributed by atoms with Crippen molar-refractivity contribution in [3.05, 3.63) is 29.8 Å². The van der Waals surface area contributed by atoms with Gasteiger partial charge >= 0.3 is 0 Å². The Labute approximate surface area is 132 Å². The van der Waals surface area contributed by atoms with Crippen LogP contribution in [0.4, 0.5) is 0 Å². The van der Waals surface area contributed by atoms with Gasteiger partial charge in [-0.05, 0) is 30.5 Å². The zero-order chi connectivity index (χ0) is 16.5. The van der Waals surface area contributed by atoms with Crippen molar-refractivity contribution in [2.75, 3.05) is 14.2 Å². The number of amides is 2. The van der Waals surface area contributed by atoms with E-state index in [-0.39, 0.29) is 11.8 Å². The lowest BCUT2D eigenvalue weighted by molar-refractivity contribution is -0.141. The van der Waals surface area contributed by atoms with Gasteiger partial charge in [-0.25, -0.2) is 0 Å². The van der Waals surface area contributed by atoms with E-state index in [0.29, 0.717) is 19.4 Å². The average molecular weight is 306 g/mol. The fourth-order valence-corrected chi connectivity index (χ4v) is 2.37. The van der Waals surface area contributed by atoms with Crippen molar-refractivity contribution in [3.63, 3.8) is 0 Å². The Balaban J connectivity index is 2.97. The maximum atomic E-state index is 12.4. The minimum Gasteiger partial charge on any atom is -0.497 e. The third-order valence-corrected chi connectivity index (χ3v) is 3.61. The number of methoxy groups -OCH3 is 1. The molecule has 2 amide bonds. The van der Waals surface area contributed by atoms with Crippen molar-refractivity contribution in [1.82, 2.24) is 10.2 Å². The molecule has 22 heavy (non-hydrogen) atoms. The van der Waals surface area contributed by atoms with Gasteiger partial charge in [0.1, 0.15) is 11.8 Å². The Kier molecular flexibility index (Phi) is 7.43. The van der Waals surface area contributed by atoms with Crippen LogP contribution in [0.25, 0.3) is 0 Å². The third kappa shape index (κ3) is 4.76. The van der Waals surface area contributed by atoms with Gasteiger partial charge in [0.05, 0.1) is 7.11 Å². The molecule has 0 aliphatic rings. The molecule has 0 aromatic heterocycles. The third-order valence-electron chi connectivity index (χ3n) is 3.61. The predicted molar refractivity (Wildman–Crippen MR) is 86.6 cm³/mol. The summed E-state index contributed by atoms with van der Waals surface area (Å²) in [6.07, 6.45) is 1.80. The summed E-state index contributed by atoms with van der Waals surface area (Å²) in [5, 5.41) is 2.64. The normalized spacial score (nSPS) is 11.6. The molecule has 0 radical (unpaired) electrons. The summed E-state index contributed by atoms with van der Waals surface area (Å²) in [6.45, 7) is 4.30. The maximum absolute atomic E-state index is 12.4. The first kappa shape index (κ1) is 18.0. The van der Waals surface area contributed by atoms with Gasteiger partial charge in [0, 0.05) is 20.0 Å². The number of nitrogens with zero attached hydrogens (tertiary/aromatic N) is 1. The largest absolute Gasteiger partial charge is 0.497 e. The highest BCUT2D eigenvalue weighted by atomic mass is 16.5. The molecule has 0 unspecified atom stereocenters. The summed E-state index contributed by atoms with van der Waals surface area (Å²) in [7, 11) is 3.21. The molecule has 0 aliphatic heterocycles. The zero-order valence-corrected chi connectivity index (χ0v) is 13.9. The van der Waals surface area contributed by atoms with Crippen LogP contribution in [0.5, 0.6) is 5.75 Å². The van der Waals surface area contributed by atoms with Crippen LogP contribution in [0, 0.1) is 0 Å². The van der Waals surface area contributed by atoms with Crippen LogP contribution < -0.4 is 10.1 Å². The molecular formula is C17H26N2O3. The number of carbonyl (C=O) groups excluding carboxylic acids is 2. The molecule has 0 saturated heterocycles. The van der Waals surface area contributed by atoms with Gasteiger partial charge in [0.25, 0.3) is 0 Å². The van der Waals surface area contributed by atoms with Crippen LogP contribution in [0.1, 0.15) is 38.7 Å². The van der Waals surface area contributed by atoms with E-state index < -0.39 is 6.04 Å². The molecule has 0 heterocycles. The van der Waals surface area contributed by atoms with Crippen LogP contribution in [-0.4, -0.2) is 36.9 Å². The molecule has 0 spiro atoms. The summed E-state index contributed by atoms with van der Waals surface area (Å²) in [5.41, 5.74) is 0.979. The smallest absolute Gasteiger partial charge is 0.242 e. The average Bonchev–Trinajstić information content (AvgIpc) is 2.55. The number of carbonyl (C=O) groups is 2. The fraction of sp³-hybridized carbons (Fsp3) is 0.529. The summed E-state index contributed by atoms with van der Waals surface area (Å²) in [6, 6.07) is 7.12. The van der Waals surface area contributed by atoms with Crippen LogP contribution in [0.3, 0.4) is 0 Å². The molecule has 1 atom stereocenters. The van der Waals surface area contributed by atoms with Crippen molar-refractivity contribution in [3.8, 4) is 5.75 Å². The minimum atomic E-state index is -0.439. The van der Waals surface area contributed by atoms with Crippen LogP contribution in [0.15, 0.2) is 24.3 Å². The lowest BCUT2D eigenvalue weighted by Crippen LogP contribution is -2.48. The van der Waals surface area contributed by atoms with Gasteiger partial charge in [0.2, 0.25) is 11.8 Å². The molecule has 0 aliphatic carbocycles. The van der Waals surface area contributed by atoms with Gasteiger partial charge in [0.15, 0.2) is 0 Å². The number of ether oxygens (including phenoxy) is 1. The van der Waals surface area contributed by atoms with Crippen molar-refractivity contribution >= 4 is 11.8 Å². The molecule has 122 valence electrons. The number of hydrogen-bond donors (Lipinski definition) is 1. The first-order chi connectivity index (χ1) is 10.6. The van der Waals surface area contributed by atoms with Crippen LogP contribution in [-0.2, 0) is 16.1 Å². The van der Waals surface area contributed by atoms with Gasteiger partial charge in [-0.15, -0.1) is 0 Å². The summed E-state index contributed by atoms with van der Waals surface area (Å²) < 4.78 is 5.14. The predicted octanol–water partition coefficient (Wildman–Crippen LogP) is 2.35. The Bertz CT molecular complexity index is 485. The second-order valence-corrected chi connectivity index (χ2v) is 5.16. The van der Waals surface area contributed by atoms with Crippen molar-refractivity contribution in [1.29, 1.82) is 0 Å². The molecule has 1 aromatic rings. The summed E-state index contributed by atoms with van der Waals surface area (Å²) in [4.78, 5) is 26.1. The number of rotatable bonds is 8. The Morgan fingerprint density at radius 2 is 1.86 bits per heavy atom. The number of nitrogens with one attached hydrogen (secondary N) is 1. The molecule has 0 saturated carbocycles. The Hall–Kier alpha value is -2.04. The number of likely N-dealkylation sites (N-methyl/N-ethyl adjacent to an activating group) is 1. The van der Waals surface area contributed by atoms with Gasteiger partial charge in [-0.1, -0.05) is 26.0 Å². The zero-order valence-electron chi connectivity index (χ0n) is 13.9. The van der Waals surface area contributed by atoms with E-state index in [4.69, 9.17) is 4.74 Å². The van der Waals surface area contributed by atoms with E-state index in [1.165, 1.54) is 0 Å². The highest BCUT2D eigenvalue weighted by Gasteiger charge is 2.27.